The zero-order valence-electron chi connectivity index (χ0n) is 10.00. The molecule has 0 saturated carbocycles. The van der Waals surface area contributed by atoms with Gasteiger partial charge in [-0.3, -0.25) is 0 Å². The molecule has 0 radical (unpaired) electrons. The van der Waals surface area contributed by atoms with E-state index >= 15 is 0 Å². The predicted molar refractivity (Wildman–Crippen MR) is 69.6 cm³/mol. The molecule has 0 spiro atoms. The highest BCUT2D eigenvalue weighted by atomic mass is 35.5. The lowest BCUT2D eigenvalue weighted by molar-refractivity contribution is 0.165. The Bertz CT molecular complexity index is 354. The minimum absolute atomic E-state index is 0.0206. The molecular formula is C12H17ClN2O2. The fourth-order valence-corrected chi connectivity index (χ4v) is 1.47. The van der Waals surface area contributed by atoms with Crippen molar-refractivity contribution in [2.75, 3.05) is 19.0 Å². The van der Waals surface area contributed by atoms with E-state index in [0.29, 0.717) is 17.3 Å². The smallest absolute Gasteiger partial charge is 0.319 e. The van der Waals surface area contributed by atoms with Gasteiger partial charge in [-0.1, -0.05) is 18.5 Å². The number of ether oxygens (including phenoxy) is 1. The highest BCUT2D eigenvalue weighted by Crippen LogP contribution is 2.13. The largest absolute Gasteiger partial charge is 0.383 e. The number of urea groups is 1. The second kappa shape index (κ2) is 7.14. The summed E-state index contributed by atoms with van der Waals surface area (Å²) in [5.74, 6) is 0. The first-order valence-electron chi connectivity index (χ1n) is 5.47. The molecule has 2 amide bonds. The minimum Gasteiger partial charge on any atom is -0.383 e. The predicted octanol–water partition coefficient (Wildman–Crippen LogP) is 2.89. The van der Waals surface area contributed by atoms with Crippen LogP contribution >= 0.6 is 11.6 Å². The Morgan fingerprint density at radius 2 is 2.06 bits per heavy atom. The number of hydrogen-bond acceptors (Lipinski definition) is 2. The monoisotopic (exact) mass is 256 g/mol. The quantitative estimate of drug-likeness (QED) is 0.851. The molecule has 0 aromatic heterocycles. The van der Waals surface area contributed by atoms with E-state index in [1.807, 2.05) is 6.92 Å². The van der Waals surface area contributed by atoms with Crippen molar-refractivity contribution in [3.63, 3.8) is 0 Å². The van der Waals surface area contributed by atoms with Gasteiger partial charge in [-0.05, 0) is 30.7 Å². The van der Waals surface area contributed by atoms with Crippen LogP contribution in [-0.4, -0.2) is 25.8 Å². The molecular weight excluding hydrogens is 240 g/mol. The van der Waals surface area contributed by atoms with Crippen molar-refractivity contribution in [2.24, 2.45) is 0 Å². The number of nitrogens with one attached hydrogen (secondary N) is 2. The number of rotatable bonds is 5. The highest BCUT2D eigenvalue weighted by molar-refractivity contribution is 6.30. The molecule has 0 aliphatic rings. The van der Waals surface area contributed by atoms with Crippen LogP contribution in [0, 0.1) is 0 Å². The number of halogens is 1. The van der Waals surface area contributed by atoms with Crippen LogP contribution in [0.1, 0.15) is 13.3 Å². The molecule has 2 N–H and O–H groups in total. The molecule has 1 unspecified atom stereocenters. The highest BCUT2D eigenvalue weighted by Gasteiger charge is 2.09. The van der Waals surface area contributed by atoms with Gasteiger partial charge in [0.15, 0.2) is 0 Å². The van der Waals surface area contributed by atoms with Crippen LogP contribution < -0.4 is 10.6 Å². The Hall–Kier alpha value is -1.26. The van der Waals surface area contributed by atoms with Gasteiger partial charge in [0.05, 0.1) is 12.6 Å². The first-order valence-corrected chi connectivity index (χ1v) is 5.85. The summed E-state index contributed by atoms with van der Waals surface area (Å²) < 4.78 is 5.00. The maximum Gasteiger partial charge on any atom is 0.319 e. The Balaban J connectivity index is 2.46. The van der Waals surface area contributed by atoms with E-state index in [-0.39, 0.29) is 12.1 Å². The van der Waals surface area contributed by atoms with E-state index in [9.17, 15) is 4.79 Å². The van der Waals surface area contributed by atoms with E-state index in [1.165, 1.54) is 0 Å². The van der Waals surface area contributed by atoms with Crippen LogP contribution in [0.2, 0.25) is 5.02 Å². The van der Waals surface area contributed by atoms with Gasteiger partial charge in [0.25, 0.3) is 0 Å². The third-order valence-corrected chi connectivity index (χ3v) is 2.55. The number of carbonyl (C=O) groups excluding carboxylic acids is 1. The van der Waals surface area contributed by atoms with Gasteiger partial charge in [-0.2, -0.15) is 0 Å². The topological polar surface area (TPSA) is 50.4 Å². The lowest BCUT2D eigenvalue weighted by Crippen LogP contribution is -2.40. The maximum atomic E-state index is 11.6. The number of carbonyl (C=O) groups is 1. The van der Waals surface area contributed by atoms with Crippen LogP contribution in [0.5, 0.6) is 0 Å². The Kier molecular flexibility index (Phi) is 5.80. The zero-order chi connectivity index (χ0) is 12.7. The molecule has 1 aromatic rings. The molecule has 0 bridgehead atoms. The van der Waals surface area contributed by atoms with E-state index in [1.54, 1.807) is 31.4 Å². The van der Waals surface area contributed by atoms with E-state index in [4.69, 9.17) is 16.3 Å². The first kappa shape index (κ1) is 13.8. The van der Waals surface area contributed by atoms with E-state index in [2.05, 4.69) is 10.6 Å². The number of amides is 2. The van der Waals surface area contributed by atoms with Gasteiger partial charge in [-0.25, -0.2) is 4.79 Å². The lowest BCUT2D eigenvalue weighted by atomic mass is 10.2. The van der Waals surface area contributed by atoms with Crippen LogP contribution in [0.15, 0.2) is 24.3 Å². The summed E-state index contributed by atoms with van der Waals surface area (Å²) in [4.78, 5) is 11.6. The average molecular weight is 257 g/mol. The SMILES string of the molecule is CCC(COC)NC(=O)Nc1ccc(Cl)cc1. The van der Waals surface area contributed by atoms with Gasteiger partial charge >= 0.3 is 6.03 Å². The maximum absolute atomic E-state index is 11.6. The number of methoxy groups -OCH3 is 1. The molecule has 4 nitrogen and oxygen atoms in total. The molecule has 5 heteroatoms. The summed E-state index contributed by atoms with van der Waals surface area (Å²) in [5.41, 5.74) is 0.708. The number of benzene rings is 1. The Labute approximate surface area is 106 Å². The lowest BCUT2D eigenvalue weighted by Gasteiger charge is -2.16. The third kappa shape index (κ3) is 5.06. The van der Waals surface area contributed by atoms with Gasteiger partial charge in [0, 0.05) is 17.8 Å². The fraction of sp³-hybridized carbons (Fsp3) is 0.417. The molecule has 94 valence electrons. The zero-order valence-corrected chi connectivity index (χ0v) is 10.8. The van der Waals surface area contributed by atoms with Gasteiger partial charge in [-0.15, -0.1) is 0 Å². The molecule has 0 aliphatic heterocycles. The van der Waals surface area contributed by atoms with Crippen molar-refractivity contribution in [3.8, 4) is 0 Å². The molecule has 0 fully saturated rings. The minimum atomic E-state index is -0.240. The van der Waals surface area contributed by atoms with Crippen molar-refractivity contribution in [2.45, 2.75) is 19.4 Å². The van der Waals surface area contributed by atoms with Crippen molar-refractivity contribution in [1.29, 1.82) is 0 Å². The standard InChI is InChI=1S/C12H17ClN2O2/c1-3-10(8-17-2)14-12(16)15-11-6-4-9(13)5-7-11/h4-7,10H,3,8H2,1-2H3,(H2,14,15,16). The summed E-state index contributed by atoms with van der Waals surface area (Å²) in [6.07, 6.45) is 0.821. The first-order chi connectivity index (χ1) is 8.15. The average Bonchev–Trinajstić information content (AvgIpc) is 2.31. The van der Waals surface area contributed by atoms with E-state index in [0.717, 1.165) is 6.42 Å². The Morgan fingerprint density at radius 1 is 1.41 bits per heavy atom. The second-order valence-corrected chi connectivity index (χ2v) is 4.10. The van der Waals surface area contributed by atoms with Gasteiger partial charge < -0.3 is 15.4 Å². The summed E-state index contributed by atoms with van der Waals surface area (Å²) >= 11 is 5.75. The second-order valence-electron chi connectivity index (χ2n) is 3.67. The van der Waals surface area contributed by atoms with Crippen molar-refractivity contribution in [1.82, 2.24) is 5.32 Å². The van der Waals surface area contributed by atoms with Gasteiger partial charge in [0.2, 0.25) is 0 Å². The summed E-state index contributed by atoms with van der Waals surface area (Å²) in [6.45, 7) is 2.50. The summed E-state index contributed by atoms with van der Waals surface area (Å²) in [7, 11) is 1.61. The van der Waals surface area contributed by atoms with Crippen LogP contribution in [-0.2, 0) is 4.74 Å². The molecule has 1 rings (SSSR count). The Morgan fingerprint density at radius 3 is 2.59 bits per heavy atom. The third-order valence-electron chi connectivity index (χ3n) is 2.30. The summed E-state index contributed by atoms with van der Waals surface area (Å²) in [5, 5.41) is 6.19. The molecule has 0 aliphatic carbocycles. The van der Waals surface area contributed by atoms with Crippen molar-refractivity contribution < 1.29 is 9.53 Å². The molecule has 1 atom stereocenters. The van der Waals surface area contributed by atoms with Gasteiger partial charge in [0.1, 0.15) is 0 Å². The van der Waals surface area contributed by atoms with Crippen molar-refractivity contribution >= 4 is 23.3 Å². The molecule has 1 aromatic carbocycles. The molecule has 17 heavy (non-hydrogen) atoms. The van der Waals surface area contributed by atoms with Crippen LogP contribution in [0.4, 0.5) is 10.5 Å². The molecule has 0 heterocycles. The molecule has 0 saturated heterocycles. The van der Waals surface area contributed by atoms with Crippen LogP contribution in [0.3, 0.4) is 0 Å². The normalized spacial score (nSPS) is 11.9. The number of hydrogen-bond donors (Lipinski definition) is 2. The number of anilines is 1. The van der Waals surface area contributed by atoms with E-state index < -0.39 is 0 Å². The van der Waals surface area contributed by atoms with Crippen molar-refractivity contribution in [3.05, 3.63) is 29.3 Å². The fourth-order valence-electron chi connectivity index (χ4n) is 1.35. The summed E-state index contributed by atoms with van der Waals surface area (Å²) in [6, 6.07) is 6.73. The van der Waals surface area contributed by atoms with Crippen LogP contribution in [0.25, 0.3) is 0 Å².